The van der Waals surface area contributed by atoms with E-state index < -0.39 is 0 Å². The molecule has 8 heteroatoms. The largest absolute Gasteiger partial charge is 0.374 e. The molecule has 0 amide bonds. The van der Waals surface area contributed by atoms with Gasteiger partial charge < -0.3 is 9.64 Å². The Morgan fingerprint density at radius 2 is 2.41 bits per heavy atom. The Balaban J connectivity index is 1.86. The van der Waals surface area contributed by atoms with Crippen molar-refractivity contribution in [3.63, 3.8) is 0 Å². The molecule has 90 valence electrons. The molecule has 1 unspecified atom stereocenters. The van der Waals surface area contributed by atoms with Crippen LogP contribution >= 0.6 is 15.9 Å². The van der Waals surface area contributed by atoms with E-state index in [1.807, 2.05) is 12.1 Å². The van der Waals surface area contributed by atoms with Crippen molar-refractivity contribution in [1.82, 2.24) is 25.3 Å². The zero-order valence-electron chi connectivity index (χ0n) is 9.03. The van der Waals surface area contributed by atoms with Crippen molar-refractivity contribution >= 4 is 27.4 Å². The summed E-state index contributed by atoms with van der Waals surface area (Å²) in [6, 6.07) is 3.79. The molecule has 0 bridgehead atoms. The smallest absolute Gasteiger partial charge is 0.200 e. The summed E-state index contributed by atoms with van der Waals surface area (Å²) in [5.74, 6) is 0.874. The van der Waals surface area contributed by atoms with Crippen molar-refractivity contribution in [2.24, 2.45) is 0 Å². The molecule has 2 aromatic rings. The third-order valence-electron chi connectivity index (χ3n) is 2.69. The third kappa shape index (κ3) is 2.09. The van der Waals surface area contributed by atoms with Gasteiger partial charge in [0, 0.05) is 18.4 Å². The lowest BCUT2D eigenvalue weighted by atomic mass is 10.3. The topological polar surface area (TPSA) is 68.4 Å². The van der Waals surface area contributed by atoms with Crippen LogP contribution in [0, 0.1) is 0 Å². The van der Waals surface area contributed by atoms with E-state index in [1.165, 1.54) is 4.63 Å². The molecule has 0 aliphatic carbocycles. The van der Waals surface area contributed by atoms with Gasteiger partial charge in [-0.3, -0.25) is 0 Å². The predicted octanol–water partition coefficient (Wildman–Crippen LogP) is 0.119. The minimum absolute atomic E-state index is 0.204. The van der Waals surface area contributed by atoms with Gasteiger partial charge in [0.2, 0.25) is 0 Å². The van der Waals surface area contributed by atoms with Crippen molar-refractivity contribution in [2.75, 3.05) is 29.9 Å². The average Bonchev–Trinajstić information content (AvgIpc) is 2.86. The highest BCUT2D eigenvalue weighted by Gasteiger charge is 2.21. The highest BCUT2D eigenvalue weighted by Crippen LogP contribution is 2.15. The molecule has 1 aliphatic heterocycles. The van der Waals surface area contributed by atoms with E-state index in [0.29, 0.717) is 12.3 Å². The van der Waals surface area contributed by atoms with E-state index in [2.05, 4.69) is 41.5 Å². The molecule has 0 spiro atoms. The van der Waals surface area contributed by atoms with Crippen molar-refractivity contribution in [3.8, 4) is 0 Å². The second kappa shape index (κ2) is 4.53. The van der Waals surface area contributed by atoms with Gasteiger partial charge in [-0.1, -0.05) is 15.9 Å². The maximum absolute atomic E-state index is 5.59. The lowest BCUT2D eigenvalue weighted by molar-refractivity contribution is 0.0567. The highest BCUT2D eigenvalue weighted by atomic mass is 79.9. The monoisotopic (exact) mass is 298 g/mol. The highest BCUT2D eigenvalue weighted by molar-refractivity contribution is 9.09. The summed E-state index contributed by atoms with van der Waals surface area (Å²) in [5.41, 5.74) is 0.652. The number of alkyl halides is 1. The van der Waals surface area contributed by atoms with E-state index >= 15 is 0 Å². The van der Waals surface area contributed by atoms with Crippen molar-refractivity contribution in [1.29, 1.82) is 0 Å². The Bertz CT molecular complexity index is 517. The molecule has 0 radical (unpaired) electrons. The van der Waals surface area contributed by atoms with Crippen LogP contribution in [0.5, 0.6) is 0 Å². The zero-order valence-corrected chi connectivity index (χ0v) is 10.6. The number of hydrogen-bond donors (Lipinski definition) is 0. The fourth-order valence-corrected chi connectivity index (χ4v) is 2.22. The minimum atomic E-state index is 0.204. The van der Waals surface area contributed by atoms with Gasteiger partial charge in [-0.05, 0) is 22.6 Å². The second-order valence-corrected chi connectivity index (χ2v) is 4.46. The van der Waals surface area contributed by atoms with Crippen LogP contribution < -0.4 is 4.90 Å². The van der Waals surface area contributed by atoms with Crippen LogP contribution in [0.1, 0.15) is 0 Å². The number of ether oxygens (including phenoxy) is 1. The maximum Gasteiger partial charge on any atom is 0.200 e. The summed E-state index contributed by atoms with van der Waals surface area (Å²) in [6.07, 6.45) is 0.204. The number of tetrazole rings is 1. The first kappa shape index (κ1) is 10.8. The zero-order chi connectivity index (χ0) is 11.7. The summed E-state index contributed by atoms with van der Waals surface area (Å²) in [7, 11) is 0. The first-order valence-corrected chi connectivity index (χ1v) is 6.47. The molecule has 1 fully saturated rings. The molecule has 0 N–H and O–H groups in total. The Morgan fingerprint density at radius 1 is 1.47 bits per heavy atom. The minimum Gasteiger partial charge on any atom is -0.374 e. The predicted molar refractivity (Wildman–Crippen MR) is 64.3 cm³/mol. The van der Waals surface area contributed by atoms with Crippen molar-refractivity contribution < 1.29 is 4.74 Å². The summed E-state index contributed by atoms with van der Waals surface area (Å²) in [5, 5.41) is 16.4. The molecule has 3 rings (SSSR count). The van der Waals surface area contributed by atoms with Gasteiger partial charge in [-0.25, -0.2) is 0 Å². The number of rotatable bonds is 2. The number of morpholine rings is 1. The Morgan fingerprint density at radius 3 is 3.29 bits per heavy atom. The molecule has 0 aromatic carbocycles. The molecule has 17 heavy (non-hydrogen) atoms. The molecular weight excluding hydrogens is 288 g/mol. The molecule has 1 aliphatic rings. The van der Waals surface area contributed by atoms with Crippen LogP contribution in [0.15, 0.2) is 12.1 Å². The lowest BCUT2D eigenvalue weighted by Gasteiger charge is -2.32. The van der Waals surface area contributed by atoms with Crippen molar-refractivity contribution in [3.05, 3.63) is 12.1 Å². The number of hydrogen-bond acceptors (Lipinski definition) is 6. The number of anilines is 1. The summed E-state index contributed by atoms with van der Waals surface area (Å²) in [6.45, 7) is 2.38. The normalized spacial score (nSPS) is 21.0. The summed E-state index contributed by atoms with van der Waals surface area (Å²) < 4.78 is 7.03. The SMILES string of the molecule is BrCC1CN(c2ccc3nnnn3n2)CCO1. The number of nitrogens with zero attached hydrogens (tertiary/aromatic N) is 6. The van der Waals surface area contributed by atoms with E-state index in [9.17, 15) is 0 Å². The third-order valence-corrected chi connectivity index (χ3v) is 3.41. The number of fused-ring (bicyclic) bond motifs is 1. The van der Waals surface area contributed by atoms with Gasteiger partial charge in [0.1, 0.15) is 0 Å². The van der Waals surface area contributed by atoms with Gasteiger partial charge in [-0.2, -0.15) is 0 Å². The molecule has 0 saturated carbocycles. The Kier molecular flexibility index (Phi) is 2.89. The van der Waals surface area contributed by atoms with Gasteiger partial charge in [0.25, 0.3) is 0 Å². The van der Waals surface area contributed by atoms with Gasteiger partial charge in [-0.15, -0.1) is 14.8 Å². The van der Waals surface area contributed by atoms with Crippen molar-refractivity contribution in [2.45, 2.75) is 6.10 Å². The standard InChI is InChI=1S/C9H11BrN6O/c10-5-7-6-15(3-4-17-7)9-2-1-8-11-13-14-16(8)12-9/h1-2,7H,3-6H2. The van der Waals surface area contributed by atoms with E-state index in [0.717, 1.165) is 24.2 Å². The van der Waals surface area contributed by atoms with Crippen LogP contribution in [0.2, 0.25) is 0 Å². The summed E-state index contributed by atoms with van der Waals surface area (Å²) >= 11 is 3.43. The lowest BCUT2D eigenvalue weighted by Crippen LogP contribution is -2.43. The number of halogens is 1. The van der Waals surface area contributed by atoms with Crippen LogP contribution in [0.25, 0.3) is 5.65 Å². The molecular formula is C9H11BrN6O. The van der Waals surface area contributed by atoms with E-state index in [4.69, 9.17) is 4.74 Å². The fourth-order valence-electron chi connectivity index (χ4n) is 1.83. The van der Waals surface area contributed by atoms with E-state index in [1.54, 1.807) is 0 Å². The first-order chi connectivity index (χ1) is 8.36. The van der Waals surface area contributed by atoms with Gasteiger partial charge in [0.15, 0.2) is 11.5 Å². The first-order valence-electron chi connectivity index (χ1n) is 5.35. The summed E-state index contributed by atoms with van der Waals surface area (Å²) in [4.78, 5) is 2.18. The van der Waals surface area contributed by atoms with Crippen LogP contribution in [0.4, 0.5) is 5.82 Å². The van der Waals surface area contributed by atoms with Crippen LogP contribution in [-0.4, -0.2) is 56.4 Å². The van der Waals surface area contributed by atoms with Crippen LogP contribution in [0.3, 0.4) is 0 Å². The van der Waals surface area contributed by atoms with Crippen LogP contribution in [-0.2, 0) is 4.74 Å². The molecule has 2 aromatic heterocycles. The molecule has 1 saturated heterocycles. The fraction of sp³-hybridized carbons (Fsp3) is 0.556. The van der Waals surface area contributed by atoms with Gasteiger partial charge in [0.05, 0.1) is 12.7 Å². The average molecular weight is 299 g/mol. The number of aromatic nitrogens is 5. The molecule has 7 nitrogen and oxygen atoms in total. The second-order valence-electron chi connectivity index (χ2n) is 3.81. The quantitative estimate of drug-likeness (QED) is 0.734. The Hall–Kier alpha value is -1.28. The molecule has 1 atom stereocenters. The maximum atomic E-state index is 5.59. The van der Waals surface area contributed by atoms with E-state index in [-0.39, 0.29) is 6.10 Å². The molecule has 3 heterocycles. The Labute approximate surface area is 106 Å². The van der Waals surface area contributed by atoms with Gasteiger partial charge >= 0.3 is 0 Å².